The first kappa shape index (κ1) is 17.9. The van der Waals surface area contributed by atoms with Crippen LogP contribution in [0.1, 0.15) is 42.0 Å². The van der Waals surface area contributed by atoms with Crippen LogP contribution in [-0.4, -0.2) is 51.2 Å². The molecular formula is C19H27N3O3S. The number of benzene rings is 1. The van der Waals surface area contributed by atoms with E-state index in [9.17, 15) is 14.1 Å². The van der Waals surface area contributed by atoms with Crippen LogP contribution in [0.5, 0.6) is 0 Å². The zero-order valence-corrected chi connectivity index (χ0v) is 16.0. The molecule has 1 fully saturated rings. The first-order valence-electron chi connectivity index (χ1n) is 9.56. The second kappa shape index (κ2) is 7.29. The van der Waals surface area contributed by atoms with Crippen molar-refractivity contribution < 1.29 is 14.1 Å². The highest BCUT2D eigenvalue weighted by molar-refractivity contribution is 7.84. The smallest absolute Gasteiger partial charge is 0.331 e. The van der Waals surface area contributed by atoms with Gasteiger partial charge in [-0.15, -0.1) is 0 Å². The minimum atomic E-state index is -1.40. The summed E-state index contributed by atoms with van der Waals surface area (Å²) < 4.78 is 15.0. The minimum Gasteiger partial charge on any atom is -0.392 e. The molecule has 7 heteroatoms. The summed E-state index contributed by atoms with van der Waals surface area (Å²) in [6, 6.07) is 1.96. The number of likely N-dealkylation sites (tertiary alicyclic amines) is 1. The third kappa shape index (κ3) is 3.52. The topological polar surface area (TPSA) is 81.7 Å². The number of amides is 2. The summed E-state index contributed by atoms with van der Waals surface area (Å²) in [6.07, 6.45) is 6.10. The van der Waals surface area contributed by atoms with E-state index < -0.39 is 11.0 Å². The first-order chi connectivity index (χ1) is 12.5. The third-order valence-electron chi connectivity index (χ3n) is 5.65. The Morgan fingerprint density at radius 3 is 2.42 bits per heavy atom. The van der Waals surface area contributed by atoms with Gasteiger partial charge in [-0.1, -0.05) is 6.07 Å². The lowest BCUT2D eigenvalue weighted by atomic mass is 9.99. The molecule has 2 unspecified atom stereocenters. The highest BCUT2D eigenvalue weighted by Crippen LogP contribution is 2.38. The lowest BCUT2D eigenvalue weighted by molar-refractivity contribution is 0.0926. The molecule has 1 heterocycles. The van der Waals surface area contributed by atoms with Crippen molar-refractivity contribution in [2.75, 3.05) is 25.0 Å². The zero-order valence-electron chi connectivity index (χ0n) is 15.2. The molecule has 0 radical (unpaired) electrons. The second-order valence-electron chi connectivity index (χ2n) is 7.78. The molecule has 1 aromatic carbocycles. The number of nitrogens with one attached hydrogen (secondary N) is 2. The number of fused-ring (bicyclic) bond motifs is 2. The number of aliphatic hydroxyl groups is 1. The van der Waals surface area contributed by atoms with Gasteiger partial charge in [0.25, 0.3) is 0 Å². The van der Waals surface area contributed by atoms with Crippen LogP contribution in [0, 0.1) is 0 Å². The Hall–Kier alpha value is -1.44. The Kier molecular flexibility index (Phi) is 5.03. The van der Waals surface area contributed by atoms with Crippen molar-refractivity contribution in [3.05, 3.63) is 28.3 Å². The number of anilines is 1. The van der Waals surface area contributed by atoms with Gasteiger partial charge in [-0.05, 0) is 67.7 Å². The molecule has 1 saturated heterocycles. The Balaban J connectivity index is 1.38. The van der Waals surface area contributed by atoms with E-state index in [1.807, 2.05) is 4.90 Å². The van der Waals surface area contributed by atoms with Gasteiger partial charge < -0.3 is 10.4 Å². The van der Waals surface area contributed by atoms with Crippen LogP contribution >= 0.6 is 0 Å². The van der Waals surface area contributed by atoms with Crippen LogP contribution in [0.3, 0.4) is 0 Å². The largest absolute Gasteiger partial charge is 0.392 e. The molecule has 3 aliphatic rings. The maximum absolute atomic E-state index is 12.5. The number of carbonyl (C=O) groups excluding carboxylic acids is 1. The van der Waals surface area contributed by atoms with E-state index in [0.29, 0.717) is 19.6 Å². The number of hydrogen-bond acceptors (Lipinski definition) is 4. The molecule has 6 nitrogen and oxygen atoms in total. The van der Waals surface area contributed by atoms with Crippen LogP contribution in [0.25, 0.3) is 0 Å². The molecule has 2 amide bonds. The van der Waals surface area contributed by atoms with E-state index >= 15 is 0 Å². The van der Waals surface area contributed by atoms with Crippen molar-refractivity contribution >= 4 is 22.7 Å². The van der Waals surface area contributed by atoms with Gasteiger partial charge in [0, 0.05) is 25.3 Å². The standard InChI is InChI=1S/C19H27N3O3S/c1-12(23)9-22-10-15(11-22)26(25)21-19(24)20-18-16-6-2-4-13(16)8-14-5-3-7-17(14)18/h8,12,15,23H,2-7,9-11H2,1H3,(H2,20,21,24). The van der Waals surface area contributed by atoms with Crippen LogP contribution in [0.4, 0.5) is 10.5 Å². The van der Waals surface area contributed by atoms with E-state index in [1.165, 1.54) is 22.3 Å². The Morgan fingerprint density at radius 2 is 1.85 bits per heavy atom. The molecule has 2 aliphatic carbocycles. The molecule has 26 heavy (non-hydrogen) atoms. The molecule has 2 atom stereocenters. The van der Waals surface area contributed by atoms with Crippen molar-refractivity contribution in [1.29, 1.82) is 0 Å². The maximum Gasteiger partial charge on any atom is 0.331 e. The predicted octanol–water partition coefficient (Wildman–Crippen LogP) is 1.51. The highest BCUT2D eigenvalue weighted by Gasteiger charge is 2.33. The van der Waals surface area contributed by atoms with E-state index in [-0.39, 0.29) is 17.4 Å². The molecule has 3 N–H and O–H groups in total. The molecule has 1 aliphatic heterocycles. The van der Waals surface area contributed by atoms with E-state index in [2.05, 4.69) is 16.1 Å². The van der Waals surface area contributed by atoms with Crippen molar-refractivity contribution in [2.45, 2.75) is 56.8 Å². The first-order valence-corrected chi connectivity index (χ1v) is 10.8. The summed E-state index contributed by atoms with van der Waals surface area (Å²) in [5.41, 5.74) is 6.27. The van der Waals surface area contributed by atoms with Gasteiger partial charge >= 0.3 is 6.03 Å². The monoisotopic (exact) mass is 377 g/mol. The normalized spacial score (nSPS) is 21.6. The lowest BCUT2D eigenvalue weighted by Gasteiger charge is -2.38. The fraction of sp³-hybridized carbons (Fsp3) is 0.632. The van der Waals surface area contributed by atoms with Crippen molar-refractivity contribution in [1.82, 2.24) is 9.62 Å². The zero-order chi connectivity index (χ0) is 18.3. The SMILES string of the molecule is CC(O)CN1CC(S(=O)NC(=O)Nc2c3c(cc4c2CCC4)CCC3)C1. The highest BCUT2D eigenvalue weighted by atomic mass is 32.2. The van der Waals surface area contributed by atoms with Gasteiger partial charge in [0.2, 0.25) is 0 Å². The van der Waals surface area contributed by atoms with Crippen LogP contribution < -0.4 is 10.0 Å². The summed E-state index contributed by atoms with van der Waals surface area (Å²) >= 11 is 0. The van der Waals surface area contributed by atoms with Crippen LogP contribution in [0.2, 0.25) is 0 Å². The number of rotatable bonds is 5. The lowest BCUT2D eigenvalue weighted by Crippen LogP contribution is -2.57. The number of hydrogen-bond donors (Lipinski definition) is 3. The number of aliphatic hydroxyl groups excluding tert-OH is 1. The molecule has 4 rings (SSSR count). The summed E-state index contributed by atoms with van der Waals surface area (Å²) in [5.74, 6) is 0. The van der Waals surface area contributed by atoms with E-state index in [4.69, 9.17) is 0 Å². The summed E-state index contributed by atoms with van der Waals surface area (Å²) in [6.45, 7) is 3.62. The van der Waals surface area contributed by atoms with Gasteiger partial charge in [0.05, 0.1) is 11.4 Å². The third-order valence-corrected chi connectivity index (χ3v) is 6.94. The van der Waals surface area contributed by atoms with Crippen LogP contribution in [-0.2, 0) is 36.7 Å². The maximum atomic E-state index is 12.5. The van der Waals surface area contributed by atoms with Gasteiger partial charge in [-0.3, -0.25) is 9.62 Å². The van der Waals surface area contributed by atoms with Crippen molar-refractivity contribution in [3.63, 3.8) is 0 Å². The summed E-state index contributed by atoms with van der Waals surface area (Å²) in [7, 11) is -1.40. The molecule has 0 saturated carbocycles. The van der Waals surface area contributed by atoms with Gasteiger partial charge in [-0.2, -0.15) is 0 Å². The Labute approximate surface area is 156 Å². The number of nitrogens with zero attached hydrogens (tertiary/aromatic N) is 1. The average molecular weight is 378 g/mol. The molecular weight excluding hydrogens is 350 g/mol. The van der Waals surface area contributed by atoms with Gasteiger partial charge in [0.15, 0.2) is 0 Å². The second-order valence-corrected chi connectivity index (χ2v) is 9.24. The molecule has 0 bridgehead atoms. The summed E-state index contributed by atoms with van der Waals surface area (Å²) in [4.78, 5) is 14.5. The molecule has 0 spiro atoms. The Bertz CT molecular complexity index is 712. The average Bonchev–Trinajstić information content (AvgIpc) is 3.18. The number of carbonyl (C=O) groups is 1. The van der Waals surface area contributed by atoms with E-state index in [1.54, 1.807) is 6.92 Å². The number of urea groups is 1. The van der Waals surface area contributed by atoms with Gasteiger partial charge in [-0.25, -0.2) is 9.00 Å². The number of β-amino-alcohol motifs (C(OH)–C–C–N with tert-alkyl or cyclic N) is 1. The van der Waals surface area contributed by atoms with Crippen molar-refractivity contribution in [2.24, 2.45) is 0 Å². The van der Waals surface area contributed by atoms with Gasteiger partial charge in [0.1, 0.15) is 11.0 Å². The quantitative estimate of drug-likeness (QED) is 0.727. The fourth-order valence-corrected chi connectivity index (χ4v) is 5.55. The van der Waals surface area contributed by atoms with Crippen LogP contribution in [0.15, 0.2) is 6.07 Å². The number of aryl methyl sites for hydroxylation is 2. The Morgan fingerprint density at radius 1 is 1.23 bits per heavy atom. The van der Waals surface area contributed by atoms with E-state index in [0.717, 1.165) is 44.2 Å². The molecule has 1 aromatic rings. The van der Waals surface area contributed by atoms with Crippen molar-refractivity contribution in [3.8, 4) is 0 Å². The molecule has 142 valence electrons. The summed E-state index contributed by atoms with van der Waals surface area (Å²) in [5, 5.41) is 12.3. The predicted molar refractivity (Wildman–Crippen MR) is 103 cm³/mol. The molecule has 0 aromatic heterocycles. The fourth-order valence-electron chi connectivity index (χ4n) is 4.46. The minimum absolute atomic E-state index is 0.0632.